The van der Waals surface area contributed by atoms with E-state index in [-0.39, 0.29) is 12.5 Å². The smallest absolute Gasteiger partial charge is 0.293 e. The lowest BCUT2D eigenvalue weighted by atomic mass is 10.0. The van der Waals surface area contributed by atoms with Gasteiger partial charge in [-0.2, -0.15) is 13.2 Å². The third-order valence-corrected chi connectivity index (χ3v) is 3.11. The summed E-state index contributed by atoms with van der Waals surface area (Å²) in [6.45, 7) is 7.64. The highest BCUT2D eigenvalue weighted by Crippen LogP contribution is 2.28. The Balaban J connectivity index is 4.33. The quantitative estimate of drug-likeness (QED) is 0.675. The van der Waals surface area contributed by atoms with E-state index >= 15 is 0 Å². The Labute approximate surface area is 97.0 Å². The van der Waals surface area contributed by atoms with E-state index in [9.17, 15) is 13.2 Å². The summed E-state index contributed by atoms with van der Waals surface area (Å²) in [5.41, 5.74) is 0. The molecule has 0 fully saturated rings. The molecule has 0 aromatic rings. The molecule has 4 heteroatoms. The van der Waals surface area contributed by atoms with Gasteiger partial charge >= 0.3 is 6.18 Å². The standard InChI is InChI=1S/C12H24F3N/c1-6-11(12(13,14)15)16(5)10(4)8-7-9(2)3/h9-11H,6-8H2,1-5H3/t10-,11+/m0/s1. The summed E-state index contributed by atoms with van der Waals surface area (Å²) < 4.78 is 38.1. The van der Waals surface area contributed by atoms with Crippen molar-refractivity contribution < 1.29 is 13.2 Å². The zero-order valence-corrected chi connectivity index (χ0v) is 10.9. The highest BCUT2D eigenvalue weighted by atomic mass is 19.4. The van der Waals surface area contributed by atoms with E-state index in [1.807, 2.05) is 6.92 Å². The van der Waals surface area contributed by atoms with Crippen LogP contribution >= 0.6 is 0 Å². The van der Waals surface area contributed by atoms with Crippen LogP contribution in [0, 0.1) is 5.92 Å². The first kappa shape index (κ1) is 15.8. The molecule has 0 spiro atoms. The second-order valence-electron chi connectivity index (χ2n) is 4.95. The highest BCUT2D eigenvalue weighted by Gasteiger charge is 2.41. The molecule has 1 nitrogen and oxygen atoms in total. The maximum atomic E-state index is 12.7. The molecule has 0 aromatic carbocycles. The first-order chi connectivity index (χ1) is 7.20. The van der Waals surface area contributed by atoms with E-state index in [4.69, 9.17) is 0 Å². The van der Waals surface area contributed by atoms with Crippen molar-refractivity contribution in [2.75, 3.05) is 7.05 Å². The van der Waals surface area contributed by atoms with Gasteiger partial charge in [0.1, 0.15) is 6.04 Å². The molecule has 0 heterocycles. The average Bonchev–Trinajstić information content (AvgIpc) is 2.12. The largest absolute Gasteiger partial charge is 0.404 e. The zero-order valence-electron chi connectivity index (χ0n) is 10.9. The zero-order chi connectivity index (χ0) is 12.9. The molecule has 16 heavy (non-hydrogen) atoms. The number of rotatable bonds is 6. The Kier molecular flexibility index (Phi) is 6.38. The van der Waals surface area contributed by atoms with E-state index in [0.29, 0.717) is 5.92 Å². The molecule has 0 saturated heterocycles. The van der Waals surface area contributed by atoms with E-state index in [1.54, 1.807) is 14.0 Å². The minimum absolute atomic E-state index is 0.0195. The molecule has 0 aliphatic carbocycles. The second kappa shape index (κ2) is 6.48. The fourth-order valence-corrected chi connectivity index (χ4v) is 1.84. The fraction of sp³-hybridized carbons (Fsp3) is 1.00. The van der Waals surface area contributed by atoms with Gasteiger partial charge in [-0.1, -0.05) is 20.8 Å². The van der Waals surface area contributed by atoms with Gasteiger partial charge in [0.05, 0.1) is 0 Å². The summed E-state index contributed by atoms with van der Waals surface area (Å²) in [6.07, 6.45) is -2.21. The van der Waals surface area contributed by atoms with E-state index < -0.39 is 12.2 Å². The summed E-state index contributed by atoms with van der Waals surface area (Å²) >= 11 is 0. The lowest BCUT2D eigenvalue weighted by Gasteiger charge is -2.34. The molecule has 98 valence electrons. The predicted molar refractivity (Wildman–Crippen MR) is 61.4 cm³/mol. The normalized spacial score (nSPS) is 16.9. The molecular formula is C12H24F3N. The van der Waals surface area contributed by atoms with Crippen LogP contribution in [0.4, 0.5) is 13.2 Å². The third kappa shape index (κ3) is 5.19. The molecule has 0 aromatic heterocycles. The second-order valence-corrected chi connectivity index (χ2v) is 4.95. The van der Waals surface area contributed by atoms with Crippen LogP contribution in [0.2, 0.25) is 0 Å². The van der Waals surface area contributed by atoms with E-state index in [2.05, 4.69) is 13.8 Å². The minimum atomic E-state index is -4.12. The van der Waals surface area contributed by atoms with E-state index in [1.165, 1.54) is 4.90 Å². The maximum absolute atomic E-state index is 12.7. The molecule has 0 bridgehead atoms. The Hall–Kier alpha value is -0.250. The fourth-order valence-electron chi connectivity index (χ4n) is 1.84. The van der Waals surface area contributed by atoms with Crippen molar-refractivity contribution in [1.82, 2.24) is 4.90 Å². The highest BCUT2D eigenvalue weighted by molar-refractivity contribution is 4.79. The van der Waals surface area contributed by atoms with Crippen LogP contribution < -0.4 is 0 Å². The monoisotopic (exact) mass is 239 g/mol. The van der Waals surface area contributed by atoms with Crippen molar-refractivity contribution in [3.05, 3.63) is 0 Å². The van der Waals surface area contributed by atoms with Gasteiger partial charge in [-0.05, 0) is 39.2 Å². The van der Waals surface area contributed by atoms with Crippen LogP contribution in [0.15, 0.2) is 0 Å². The van der Waals surface area contributed by atoms with Crippen molar-refractivity contribution in [3.8, 4) is 0 Å². The van der Waals surface area contributed by atoms with Crippen molar-refractivity contribution in [2.24, 2.45) is 5.92 Å². The van der Waals surface area contributed by atoms with Crippen molar-refractivity contribution in [1.29, 1.82) is 0 Å². The van der Waals surface area contributed by atoms with E-state index in [0.717, 1.165) is 12.8 Å². The molecule has 0 rings (SSSR count). The lowest BCUT2D eigenvalue weighted by Crippen LogP contribution is -2.47. The lowest BCUT2D eigenvalue weighted by molar-refractivity contribution is -0.186. The van der Waals surface area contributed by atoms with Gasteiger partial charge in [-0.25, -0.2) is 0 Å². The third-order valence-electron chi connectivity index (χ3n) is 3.11. The van der Waals surface area contributed by atoms with Gasteiger partial charge in [0.2, 0.25) is 0 Å². The van der Waals surface area contributed by atoms with Crippen molar-refractivity contribution >= 4 is 0 Å². The molecule has 0 saturated carbocycles. The molecule has 0 N–H and O–H groups in total. The van der Waals surface area contributed by atoms with Gasteiger partial charge in [0.25, 0.3) is 0 Å². The molecular weight excluding hydrogens is 215 g/mol. The summed E-state index contributed by atoms with van der Waals surface area (Å²) in [4.78, 5) is 1.46. The van der Waals surface area contributed by atoms with Crippen LogP contribution in [0.1, 0.15) is 47.0 Å². The van der Waals surface area contributed by atoms with Crippen LogP contribution in [0.5, 0.6) is 0 Å². The molecule has 0 aliphatic rings. The molecule has 0 radical (unpaired) electrons. The number of hydrogen-bond acceptors (Lipinski definition) is 1. The predicted octanol–water partition coefficient (Wildman–Crippen LogP) is 4.08. The summed E-state index contributed by atoms with van der Waals surface area (Å²) in [7, 11) is 1.58. The number of nitrogens with zero attached hydrogens (tertiary/aromatic N) is 1. The Morgan fingerprint density at radius 3 is 1.88 bits per heavy atom. The number of halogens is 3. The van der Waals surface area contributed by atoms with Gasteiger partial charge in [-0.3, -0.25) is 4.90 Å². The summed E-state index contributed by atoms with van der Waals surface area (Å²) in [6, 6.07) is -1.33. The van der Waals surface area contributed by atoms with Crippen molar-refractivity contribution in [2.45, 2.75) is 65.2 Å². The average molecular weight is 239 g/mol. The van der Waals surface area contributed by atoms with Gasteiger partial charge in [0.15, 0.2) is 0 Å². The molecule has 0 unspecified atom stereocenters. The topological polar surface area (TPSA) is 3.24 Å². The molecule has 0 aliphatic heterocycles. The number of alkyl halides is 3. The van der Waals surface area contributed by atoms with Crippen LogP contribution in [0.25, 0.3) is 0 Å². The molecule has 2 atom stereocenters. The first-order valence-corrected chi connectivity index (χ1v) is 5.98. The SMILES string of the molecule is CC[C@@H](N(C)[C@@H](C)CCC(C)C)C(F)(F)F. The van der Waals surface area contributed by atoms with Gasteiger partial charge < -0.3 is 0 Å². The van der Waals surface area contributed by atoms with Gasteiger partial charge in [0, 0.05) is 6.04 Å². The Morgan fingerprint density at radius 1 is 1.06 bits per heavy atom. The molecule has 0 amide bonds. The van der Waals surface area contributed by atoms with Crippen LogP contribution in [-0.2, 0) is 0 Å². The minimum Gasteiger partial charge on any atom is -0.293 e. The van der Waals surface area contributed by atoms with Gasteiger partial charge in [-0.15, -0.1) is 0 Å². The first-order valence-electron chi connectivity index (χ1n) is 5.98. The summed E-state index contributed by atoms with van der Waals surface area (Å²) in [5.74, 6) is 0.543. The van der Waals surface area contributed by atoms with Crippen LogP contribution in [-0.4, -0.2) is 30.2 Å². The van der Waals surface area contributed by atoms with Crippen molar-refractivity contribution in [3.63, 3.8) is 0 Å². The Bertz CT molecular complexity index is 189. The summed E-state index contributed by atoms with van der Waals surface area (Å²) in [5, 5.41) is 0. The maximum Gasteiger partial charge on any atom is 0.404 e. The number of hydrogen-bond donors (Lipinski definition) is 0. The Morgan fingerprint density at radius 2 is 1.56 bits per heavy atom. The van der Waals surface area contributed by atoms with Crippen LogP contribution in [0.3, 0.4) is 0 Å².